The van der Waals surface area contributed by atoms with Crippen LogP contribution in [0.15, 0.2) is 23.3 Å². The number of nitrogens with one attached hydrogen (secondary N) is 1. The lowest BCUT2D eigenvalue weighted by Gasteiger charge is -2.23. The largest absolute Gasteiger partial charge is 0.357 e. The van der Waals surface area contributed by atoms with Gasteiger partial charge in [0.05, 0.1) is 12.3 Å². The summed E-state index contributed by atoms with van der Waals surface area (Å²) in [5, 5.41) is 3.29. The Morgan fingerprint density at radius 1 is 1.46 bits per heavy atom. The van der Waals surface area contributed by atoms with Gasteiger partial charge in [-0.1, -0.05) is 0 Å². The summed E-state index contributed by atoms with van der Waals surface area (Å²) in [5.41, 5.74) is 1.07. The fourth-order valence-electron chi connectivity index (χ4n) is 2.77. The van der Waals surface area contributed by atoms with E-state index >= 15 is 0 Å². The monoisotopic (exact) mass is 468 g/mol. The highest BCUT2D eigenvalue weighted by Gasteiger charge is 2.45. The van der Waals surface area contributed by atoms with Crippen molar-refractivity contribution >= 4 is 39.8 Å². The summed E-state index contributed by atoms with van der Waals surface area (Å²) in [7, 11) is 1.08. The molecule has 1 aliphatic rings. The van der Waals surface area contributed by atoms with E-state index in [4.69, 9.17) is 4.99 Å². The molecule has 0 aromatic carbocycles. The van der Waals surface area contributed by atoms with Crippen molar-refractivity contribution in [2.24, 2.45) is 17.5 Å². The Morgan fingerprint density at radius 2 is 2.12 bits per heavy atom. The third-order valence-electron chi connectivity index (χ3n) is 4.24. The lowest BCUT2D eigenvalue weighted by molar-refractivity contribution is 0.456. The quantitative estimate of drug-likeness (QED) is 0.377. The van der Waals surface area contributed by atoms with Crippen molar-refractivity contribution in [2.45, 2.75) is 26.3 Å². The van der Waals surface area contributed by atoms with E-state index in [1.165, 1.54) is 11.9 Å². The first-order valence-corrected chi connectivity index (χ1v) is 10.1. The molecular formula is C16H29IN4O2S. The number of aliphatic imine (C=N–C) groups is 1. The summed E-state index contributed by atoms with van der Waals surface area (Å²) in [6.07, 6.45) is 5.23. The molecule has 1 saturated carbocycles. The van der Waals surface area contributed by atoms with Crippen LogP contribution in [-0.4, -0.2) is 56.0 Å². The zero-order valence-corrected chi connectivity index (χ0v) is 18.1. The first-order chi connectivity index (χ1) is 10.7. The van der Waals surface area contributed by atoms with Crippen molar-refractivity contribution in [3.8, 4) is 0 Å². The molecular weight excluding hydrogens is 439 g/mol. The molecule has 0 aliphatic heterocycles. The van der Waals surface area contributed by atoms with E-state index in [0.29, 0.717) is 6.54 Å². The molecule has 2 rings (SSSR count). The molecule has 6 nitrogen and oxygen atoms in total. The predicted molar refractivity (Wildman–Crippen MR) is 110 cm³/mol. The molecule has 1 aliphatic carbocycles. The Kier molecular flexibility index (Phi) is 7.58. The zero-order valence-electron chi connectivity index (χ0n) is 14.9. The molecule has 0 bridgehead atoms. The molecule has 1 N–H and O–H groups in total. The SMILES string of the molecule is CCNC(=NCC1(CS(C)(=O)=O)CC1)N(C)Cc1cccn1C.I. The van der Waals surface area contributed by atoms with Gasteiger partial charge >= 0.3 is 0 Å². The van der Waals surface area contributed by atoms with Crippen molar-refractivity contribution in [1.29, 1.82) is 0 Å². The molecule has 0 saturated heterocycles. The van der Waals surface area contributed by atoms with Gasteiger partial charge in [-0.15, -0.1) is 24.0 Å². The molecule has 1 aromatic rings. The van der Waals surface area contributed by atoms with Gasteiger partial charge in [0.25, 0.3) is 0 Å². The normalized spacial score (nSPS) is 16.4. The summed E-state index contributed by atoms with van der Waals surface area (Å²) in [6.45, 7) is 4.15. The number of hydrogen-bond donors (Lipinski definition) is 1. The van der Waals surface area contributed by atoms with Gasteiger partial charge in [0.1, 0.15) is 9.84 Å². The molecule has 0 unspecified atom stereocenters. The summed E-state index contributed by atoms with van der Waals surface area (Å²) >= 11 is 0. The van der Waals surface area contributed by atoms with E-state index in [0.717, 1.165) is 31.9 Å². The van der Waals surface area contributed by atoms with Gasteiger partial charge in [-0.25, -0.2) is 8.42 Å². The number of rotatable bonds is 7. The molecule has 138 valence electrons. The summed E-state index contributed by atoms with van der Waals surface area (Å²) in [6, 6.07) is 4.12. The van der Waals surface area contributed by atoms with Crippen LogP contribution in [0.2, 0.25) is 0 Å². The van der Waals surface area contributed by atoms with Crippen LogP contribution in [0.25, 0.3) is 0 Å². The fourth-order valence-corrected chi connectivity index (χ4v) is 4.26. The highest BCUT2D eigenvalue weighted by Crippen LogP contribution is 2.46. The number of halogens is 1. The van der Waals surface area contributed by atoms with E-state index < -0.39 is 9.84 Å². The molecule has 0 amide bonds. The van der Waals surface area contributed by atoms with Crippen molar-refractivity contribution in [1.82, 2.24) is 14.8 Å². The molecule has 0 spiro atoms. The average molecular weight is 468 g/mol. The lowest BCUT2D eigenvalue weighted by Crippen LogP contribution is -2.39. The smallest absolute Gasteiger partial charge is 0.194 e. The van der Waals surface area contributed by atoms with E-state index in [-0.39, 0.29) is 35.1 Å². The topological polar surface area (TPSA) is 66.7 Å². The number of aromatic nitrogens is 1. The second kappa shape index (κ2) is 8.55. The number of guanidine groups is 1. The summed E-state index contributed by atoms with van der Waals surface area (Å²) in [5.74, 6) is 1.07. The van der Waals surface area contributed by atoms with Gasteiger partial charge in [-0.05, 0) is 31.9 Å². The minimum absolute atomic E-state index is 0. The third kappa shape index (κ3) is 6.27. The summed E-state index contributed by atoms with van der Waals surface area (Å²) in [4.78, 5) is 6.78. The molecule has 0 atom stereocenters. The maximum atomic E-state index is 11.6. The fraction of sp³-hybridized carbons (Fsp3) is 0.688. The Hall–Kier alpha value is -0.770. The average Bonchev–Trinajstić information content (AvgIpc) is 3.07. The van der Waals surface area contributed by atoms with E-state index in [1.54, 1.807) is 0 Å². The lowest BCUT2D eigenvalue weighted by atomic mass is 10.1. The first-order valence-electron chi connectivity index (χ1n) is 8.02. The number of sulfone groups is 1. The van der Waals surface area contributed by atoms with E-state index in [2.05, 4.69) is 20.9 Å². The van der Waals surface area contributed by atoms with Crippen LogP contribution in [0.5, 0.6) is 0 Å². The number of hydrogen-bond acceptors (Lipinski definition) is 3. The highest BCUT2D eigenvalue weighted by atomic mass is 127. The first kappa shape index (κ1) is 21.3. The molecule has 24 heavy (non-hydrogen) atoms. The van der Waals surface area contributed by atoms with E-state index in [1.807, 2.05) is 33.3 Å². The second-order valence-corrected chi connectivity index (χ2v) is 8.85. The van der Waals surface area contributed by atoms with Gasteiger partial charge < -0.3 is 14.8 Å². The molecule has 1 heterocycles. The van der Waals surface area contributed by atoms with Crippen LogP contribution >= 0.6 is 24.0 Å². The number of aryl methyl sites for hydroxylation is 1. The van der Waals surface area contributed by atoms with E-state index in [9.17, 15) is 8.42 Å². The molecule has 1 fully saturated rings. The highest BCUT2D eigenvalue weighted by molar-refractivity contribution is 14.0. The van der Waals surface area contributed by atoms with Crippen LogP contribution in [0.1, 0.15) is 25.5 Å². The second-order valence-electron chi connectivity index (χ2n) is 6.71. The van der Waals surface area contributed by atoms with Crippen molar-refractivity contribution in [3.05, 3.63) is 24.0 Å². The Morgan fingerprint density at radius 3 is 2.58 bits per heavy atom. The maximum absolute atomic E-state index is 11.6. The van der Waals surface area contributed by atoms with Crippen molar-refractivity contribution < 1.29 is 8.42 Å². The van der Waals surface area contributed by atoms with Gasteiger partial charge in [-0.3, -0.25) is 4.99 Å². The van der Waals surface area contributed by atoms with Gasteiger partial charge in [0, 0.05) is 50.7 Å². The molecule has 0 radical (unpaired) electrons. The Bertz CT molecular complexity index is 665. The van der Waals surface area contributed by atoms with Gasteiger partial charge in [0.2, 0.25) is 0 Å². The van der Waals surface area contributed by atoms with Crippen LogP contribution in [-0.2, 0) is 23.4 Å². The third-order valence-corrected chi connectivity index (χ3v) is 5.37. The standard InChI is InChI=1S/C16H28N4O2S.HI/c1-5-17-15(20(3)11-14-7-6-10-19(14)2)18-12-16(8-9-16)13-23(4,21)22;/h6-7,10H,5,8-9,11-13H2,1-4H3,(H,17,18);1H. The van der Waals surface area contributed by atoms with Crippen LogP contribution in [0.4, 0.5) is 0 Å². The predicted octanol–water partition coefficient (Wildman–Crippen LogP) is 1.87. The van der Waals surface area contributed by atoms with Crippen LogP contribution in [0, 0.1) is 5.41 Å². The van der Waals surface area contributed by atoms with Gasteiger partial charge in [0.15, 0.2) is 5.96 Å². The summed E-state index contributed by atoms with van der Waals surface area (Å²) < 4.78 is 25.2. The molecule has 1 aromatic heterocycles. The number of nitrogens with zero attached hydrogens (tertiary/aromatic N) is 3. The Labute approximate surface area is 162 Å². The minimum Gasteiger partial charge on any atom is -0.357 e. The van der Waals surface area contributed by atoms with Gasteiger partial charge in [-0.2, -0.15) is 0 Å². The Balaban J connectivity index is 0.00000288. The zero-order chi connectivity index (χ0) is 17.1. The van der Waals surface area contributed by atoms with Crippen LogP contribution in [0.3, 0.4) is 0 Å². The van der Waals surface area contributed by atoms with Crippen molar-refractivity contribution in [2.75, 3.05) is 32.1 Å². The maximum Gasteiger partial charge on any atom is 0.194 e. The molecule has 8 heteroatoms. The minimum atomic E-state index is -2.95. The van der Waals surface area contributed by atoms with Crippen molar-refractivity contribution in [3.63, 3.8) is 0 Å². The van der Waals surface area contributed by atoms with Crippen LogP contribution < -0.4 is 5.32 Å².